The third-order valence-corrected chi connectivity index (χ3v) is 4.23. The Bertz CT molecular complexity index is 433. The molecule has 3 heteroatoms. The molecule has 118 valence electrons. The Morgan fingerprint density at radius 3 is 2.90 bits per heavy atom. The van der Waals surface area contributed by atoms with Gasteiger partial charge in [0.25, 0.3) is 0 Å². The van der Waals surface area contributed by atoms with Gasteiger partial charge in [-0.1, -0.05) is 32.9 Å². The summed E-state index contributed by atoms with van der Waals surface area (Å²) in [5.41, 5.74) is 1.39. The zero-order valence-electron chi connectivity index (χ0n) is 13.9. The van der Waals surface area contributed by atoms with Crippen molar-refractivity contribution in [3.8, 4) is 5.75 Å². The largest absolute Gasteiger partial charge is 0.494 e. The Morgan fingerprint density at radius 2 is 2.19 bits per heavy atom. The fourth-order valence-corrected chi connectivity index (χ4v) is 3.16. The predicted octanol–water partition coefficient (Wildman–Crippen LogP) is 3.47. The number of hydrogen-bond acceptors (Lipinski definition) is 3. The molecule has 0 aromatic heterocycles. The van der Waals surface area contributed by atoms with Crippen LogP contribution in [0, 0.1) is 5.92 Å². The van der Waals surface area contributed by atoms with Crippen molar-refractivity contribution in [1.82, 2.24) is 10.2 Å². The van der Waals surface area contributed by atoms with Crippen LogP contribution >= 0.6 is 0 Å². The van der Waals surface area contributed by atoms with E-state index in [0.717, 1.165) is 25.3 Å². The molecule has 0 radical (unpaired) electrons. The average Bonchev–Trinajstić information content (AvgIpc) is 2.84. The van der Waals surface area contributed by atoms with Crippen LogP contribution < -0.4 is 10.1 Å². The molecular weight excluding hydrogens is 260 g/mol. The predicted molar refractivity (Wildman–Crippen MR) is 88.8 cm³/mol. The highest BCUT2D eigenvalue weighted by atomic mass is 16.5. The number of rotatable bonds is 7. The van der Waals surface area contributed by atoms with Crippen molar-refractivity contribution in [1.29, 1.82) is 0 Å². The van der Waals surface area contributed by atoms with Gasteiger partial charge in [0.1, 0.15) is 5.75 Å². The summed E-state index contributed by atoms with van der Waals surface area (Å²) in [5.74, 6) is 1.68. The molecule has 1 aromatic carbocycles. The van der Waals surface area contributed by atoms with Crippen molar-refractivity contribution in [2.45, 2.75) is 45.7 Å². The van der Waals surface area contributed by atoms with E-state index in [4.69, 9.17) is 4.74 Å². The standard InChI is InChI=1S/C18H30N2O/c1-5-11-21-17-8-6-7-15(12-17)18-16(9-10-20(18)4)13-19-14(2)3/h6-8,12,14,16,18-19H,5,9-11,13H2,1-4H3. The maximum absolute atomic E-state index is 5.79. The van der Waals surface area contributed by atoms with Gasteiger partial charge in [-0.05, 0) is 50.0 Å². The summed E-state index contributed by atoms with van der Waals surface area (Å²) >= 11 is 0. The first-order valence-corrected chi connectivity index (χ1v) is 8.28. The van der Waals surface area contributed by atoms with Crippen LogP contribution in [0.15, 0.2) is 24.3 Å². The third-order valence-electron chi connectivity index (χ3n) is 4.23. The minimum atomic E-state index is 0.501. The fourth-order valence-electron chi connectivity index (χ4n) is 3.16. The van der Waals surface area contributed by atoms with E-state index in [1.165, 1.54) is 18.5 Å². The molecule has 0 spiro atoms. The van der Waals surface area contributed by atoms with Crippen molar-refractivity contribution < 1.29 is 4.74 Å². The number of nitrogens with zero attached hydrogens (tertiary/aromatic N) is 1. The molecule has 3 nitrogen and oxygen atoms in total. The minimum Gasteiger partial charge on any atom is -0.494 e. The highest BCUT2D eigenvalue weighted by molar-refractivity contribution is 5.31. The van der Waals surface area contributed by atoms with E-state index in [0.29, 0.717) is 18.0 Å². The van der Waals surface area contributed by atoms with E-state index >= 15 is 0 Å². The Kier molecular flexibility index (Phi) is 6.07. The van der Waals surface area contributed by atoms with E-state index < -0.39 is 0 Å². The van der Waals surface area contributed by atoms with Gasteiger partial charge in [0, 0.05) is 18.6 Å². The molecule has 0 bridgehead atoms. The second-order valence-electron chi connectivity index (χ2n) is 6.46. The topological polar surface area (TPSA) is 24.5 Å². The van der Waals surface area contributed by atoms with Crippen LogP contribution in [-0.4, -0.2) is 37.7 Å². The average molecular weight is 290 g/mol. The summed E-state index contributed by atoms with van der Waals surface area (Å²) in [7, 11) is 2.24. The molecule has 0 amide bonds. The molecule has 1 aliphatic rings. The van der Waals surface area contributed by atoms with Gasteiger partial charge in [-0.15, -0.1) is 0 Å². The smallest absolute Gasteiger partial charge is 0.119 e. The lowest BCUT2D eigenvalue weighted by Gasteiger charge is -2.27. The summed E-state index contributed by atoms with van der Waals surface area (Å²) in [5, 5.41) is 3.60. The van der Waals surface area contributed by atoms with Gasteiger partial charge in [-0.3, -0.25) is 4.90 Å². The lowest BCUT2D eigenvalue weighted by molar-refractivity contribution is 0.267. The normalized spacial score (nSPS) is 22.9. The Morgan fingerprint density at radius 1 is 1.38 bits per heavy atom. The second-order valence-corrected chi connectivity index (χ2v) is 6.46. The highest BCUT2D eigenvalue weighted by Crippen LogP contribution is 2.36. The lowest BCUT2D eigenvalue weighted by atomic mass is 9.93. The summed E-state index contributed by atoms with van der Waals surface area (Å²) in [6, 6.07) is 9.71. The Labute approximate surface area is 129 Å². The van der Waals surface area contributed by atoms with Gasteiger partial charge in [-0.25, -0.2) is 0 Å². The van der Waals surface area contributed by atoms with Crippen molar-refractivity contribution in [2.24, 2.45) is 5.92 Å². The van der Waals surface area contributed by atoms with Gasteiger partial charge in [0.2, 0.25) is 0 Å². The lowest BCUT2D eigenvalue weighted by Crippen LogP contribution is -2.32. The van der Waals surface area contributed by atoms with Crippen LogP contribution in [0.3, 0.4) is 0 Å². The molecule has 1 fully saturated rings. The van der Waals surface area contributed by atoms with Crippen molar-refractivity contribution in [3.63, 3.8) is 0 Å². The first kappa shape index (κ1) is 16.3. The van der Waals surface area contributed by atoms with Gasteiger partial charge in [0.15, 0.2) is 0 Å². The molecule has 1 aliphatic heterocycles. The van der Waals surface area contributed by atoms with Gasteiger partial charge >= 0.3 is 0 Å². The zero-order valence-corrected chi connectivity index (χ0v) is 13.9. The first-order valence-electron chi connectivity index (χ1n) is 8.28. The molecule has 1 heterocycles. The molecule has 1 aromatic rings. The molecule has 1 saturated heterocycles. The Balaban J connectivity index is 2.09. The number of ether oxygens (including phenoxy) is 1. The van der Waals surface area contributed by atoms with Crippen molar-refractivity contribution >= 4 is 0 Å². The van der Waals surface area contributed by atoms with Crippen LogP contribution in [0.5, 0.6) is 5.75 Å². The van der Waals surface area contributed by atoms with Crippen LogP contribution in [0.25, 0.3) is 0 Å². The van der Waals surface area contributed by atoms with E-state index in [9.17, 15) is 0 Å². The number of nitrogens with one attached hydrogen (secondary N) is 1. The third kappa shape index (κ3) is 4.45. The summed E-state index contributed by atoms with van der Waals surface area (Å²) in [6.45, 7) is 9.63. The van der Waals surface area contributed by atoms with Crippen LogP contribution in [0.4, 0.5) is 0 Å². The number of benzene rings is 1. The van der Waals surface area contributed by atoms with E-state index in [2.05, 4.69) is 62.3 Å². The van der Waals surface area contributed by atoms with Gasteiger partial charge in [-0.2, -0.15) is 0 Å². The van der Waals surface area contributed by atoms with Gasteiger partial charge < -0.3 is 10.1 Å². The SMILES string of the molecule is CCCOc1cccc(C2C(CNC(C)C)CCN2C)c1. The van der Waals surface area contributed by atoms with Crippen molar-refractivity contribution in [3.05, 3.63) is 29.8 Å². The number of hydrogen-bond donors (Lipinski definition) is 1. The minimum absolute atomic E-state index is 0.501. The van der Waals surface area contributed by atoms with Crippen LogP contribution in [0.2, 0.25) is 0 Å². The highest BCUT2D eigenvalue weighted by Gasteiger charge is 2.32. The number of likely N-dealkylation sites (tertiary alicyclic amines) is 1. The summed E-state index contributed by atoms with van der Waals surface area (Å²) in [6.07, 6.45) is 2.31. The maximum atomic E-state index is 5.79. The Hall–Kier alpha value is -1.06. The molecule has 1 N–H and O–H groups in total. The molecule has 2 unspecified atom stereocenters. The second kappa shape index (κ2) is 7.81. The first-order chi connectivity index (χ1) is 10.1. The van der Waals surface area contributed by atoms with Crippen LogP contribution in [0.1, 0.15) is 45.2 Å². The van der Waals surface area contributed by atoms with Gasteiger partial charge in [0.05, 0.1) is 6.61 Å². The molecule has 2 atom stereocenters. The van der Waals surface area contributed by atoms with E-state index in [1.54, 1.807) is 0 Å². The quantitative estimate of drug-likeness (QED) is 0.832. The molecule has 0 aliphatic carbocycles. The van der Waals surface area contributed by atoms with Crippen molar-refractivity contribution in [2.75, 3.05) is 26.7 Å². The molecule has 21 heavy (non-hydrogen) atoms. The fraction of sp³-hybridized carbons (Fsp3) is 0.667. The van der Waals surface area contributed by atoms with Crippen LogP contribution in [-0.2, 0) is 0 Å². The summed E-state index contributed by atoms with van der Waals surface area (Å²) in [4.78, 5) is 2.48. The molecule has 0 saturated carbocycles. The summed E-state index contributed by atoms with van der Waals surface area (Å²) < 4.78 is 5.79. The molecule has 2 rings (SSSR count). The zero-order chi connectivity index (χ0) is 15.2. The van der Waals surface area contributed by atoms with E-state index in [1.807, 2.05) is 0 Å². The maximum Gasteiger partial charge on any atom is 0.119 e. The monoisotopic (exact) mass is 290 g/mol. The molecular formula is C18H30N2O. The van der Waals surface area contributed by atoms with E-state index in [-0.39, 0.29) is 0 Å².